The van der Waals surface area contributed by atoms with Crippen LogP contribution in [0.4, 0.5) is 13.2 Å². The molecule has 1 amide bonds. The molecule has 0 saturated heterocycles. The Kier molecular flexibility index (Phi) is 6.93. The molecule has 0 bridgehead atoms. The Bertz CT molecular complexity index is 287. The molecule has 0 radical (unpaired) electrons. The monoisotopic (exact) mass is 301 g/mol. The van der Waals surface area contributed by atoms with Gasteiger partial charge in [0, 0.05) is 18.3 Å². The lowest BCUT2D eigenvalue weighted by atomic mass is 9.92. The van der Waals surface area contributed by atoms with Crippen molar-refractivity contribution in [1.82, 2.24) is 5.32 Å². The van der Waals surface area contributed by atoms with E-state index in [2.05, 4.69) is 5.32 Å². The van der Waals surface area contributed by atoms with E-state index in [4.69, 9.17) is 16.3 Å². The zero-order valence-electron chi connectivity index (χ0n) is 10.6. The van der Waals surface area contributed by atoms with Crippen LogP contribution in [0.3, 0.4) is 0 Å². The Morgan fingerprint density at radius 3 is 2.74 bits per heavy atom. The molecule has 1 saturated carbocycles. The SMILES string of the molecule is O=C(CCCCl)NC1CCCC(OCC(F)(F)F)C1. The van der Waals surface area contributed by atoms with Gasteiger partial charge in [0.25, 0.3) is 0 Å². The zero-order valence-corrected chi connectivity index (χ0v) is 11.4. The number of halogens is 4. The summed E-state index contributed by atoms with van der Waals surface area (Å²) in [6, 6.07) is -0.0881. The lowest BCUT2D eigenvalue weighted by molar-refractivity contribution is -0.188. The van der Waals surface area contributed by atoms with Crippen molar-refractivity contribution in [2.45, 2.75) is 56.8 Å². The summed E-state index contributed by atoms with van der Waals surface area (Å²) in [5, 5.41) is 2.82. The molecule has 112 valence electrons. The Balaban J connectivity index is 2.27. The van der Waals surface area contributed by atoms with Crippen molar-refractivity contribution in [2.75, 3.05) is 12.5 Å². The third-order valence-electron chi connectivity index (χ3n) is 3.01. The fourth-order valence-electron chi connectivity index (χ4n) is 2.17. The van der Waals surface area contributed by atoms with Crippen LogP contribution < -0.4 is 5.32 Å². The van der Waals surface area contributed by atoms with Crippen LogP contribution in [0.15, 0.2) is 0 Å². The number of amides is 1. The number of alkyl halides is 4. The Hall–Kier alpha value is -0.490. The summed E-state index contributed by atoms with van der Waals surface area (Å²) in [5.41, 5.74) is 0. The number of carbonyl (C=O) groups is 1. The summed E-state index contributed by atoms with van der Waals surface area (Å²) in [7, 11) is 0. The molecule has 0 aromatic carbocycles. The minimum absolute atomic E-state index is 0.0881. The van der Waals surface area contributed by atoms with Gasteiger partial charge in [-0.15, -0.1) is 11.6 Å². The average molecular weight is 302 g/mol. The smallest absolute Gasteiger partial charge is 0.369 e. The highest BCUT2D eigenvalue weighted by Crippen LogP contribution is 2.24. The molecule has 0 heterocycles. The van der Waals surface area contributed by atoms with E-state index in [1.807, 2.05) is 0 Å². The number of carbonyl (C=O) groups excluding carboxylic acids is 1. The normalized spacial score (nSPS) is 24.2. The number of nitrogens with one attached hydrogen (secondary N) is 1. The minimum Gasteiger partial charge on any atom is -0.369 e. The maximum atomic E-state index is 12.1. The lowest BCUT2D eigenvalue weighted by Gasteiger charge is -2.30. The van der Waals surface area contributed by atoms with Gasteiger partial charge in [0.2, 0.25) is 5.91 Å². The van der Waals surface area contributed by atoms with Gasteiger partial charge in [-0.3, -0.25) is 4.79 Å². The highest BCUT2D eigenvalue weighted by molar-refractivity contribution is 6.17. The molecule has 2 unspecified atom stereocenters. The van der Waals surface area contributed by atoms with Gasteiger partial charge in [0.1, 0.15) is 6.61 Å². The van der Waals surface area contributed by atoms with E-state index < -0.39 is 18.9 Å². The van der Waals surface area contributed by atoms with Crippen LogP contribution >= 0.6 is 11.6 Å². The lowest BCUT2D eigenvalue weighted by Crippen LogP contribution is -2.41. The molecular formula is C12H19ClF3NO2. The molecular weight excluding hydrogens is 283 g/mol. The van der Waals surface area contributed by atoms with Crippen molar-refractivity contribution in [3.05, 3.63) is 0 Å². The average Bonchev–Trinajstić information content (AvgIpc) is 2.33. The Morgan fingerprint density at radius 1 is 1.37 bits per heavy atom. The molecule has 0 aromatic heterocycles. The first-order chi connectivity index (χ1) is 8.90. The summed E-state index contributed by atoms with van der Waals surface area (Å²) in [6.07, 6.45) is -1.14. The number of ether oxygens (including phenoxy) is 1. The van der Waals surface area contributed by atoms with Crippen LogP contribution in [-0.2, 0) is 9.53 Å². The van der Waals surface area contributed by atoms with Crippen LogP contribution in [0.1, 0.15) is 38.5 Å². The van der Waals surface area contributed by atoms with Crippen LogP contribution in [0.2, 0.25) is 0 Å². The van der Waals surface area contributed by atoms with Crippen molar-refractivity contribution in [3.63, 3.8) is 0 Å². The first-order valence-electron chi connectivity index (χ1n) is 6.44. The van der Waals surface area contributed by atoms with Crippen LogP contribution in [0, 0.1) is 0 Å². The fraction of sp³-hybridized carbons (Fsp3) is 0.917. The predicted octanol–water partition coefficient (Wildman–Crippen LogP) is 3.01. The topological polar surface area (TPSA) is 38.3 Å². The van der Waals surface area contributed by atoms with Crippen LogP contribution in [0.25, 0.3) is 0 Å². The van der Waals surface area contributed by atoms with Gasteiger partial charge in [0.15, 0.2) is 0 Å². The van der Waals surface area contributed by atoms with Crippen LogP contribution in [-0.4, -0.2) is 36.7 Å². The van der Waals surface area contributed by atoms with Crippen molar-refractivity contribution >= 4 is 17.5 Å². The van der Waals surface area contributed by atoms with E-state index in [0.717, 1.165) is 12.8 Å². The second kappa shape index (κ2) is 7.94. The first-order valence-corrected chi connectivity index (χ1v) is 6.98. The van der Waals surface area contributed by atoms with E-state index in [1.54, 1.807) is 0 Å². The van der Waals surface area contributed by atoms with E-state index in [0.29, 0.717) is 31.6 Å². The van der Waals surface area contributed by atoms with Crippen molar-refractivity contribution in [3.8, 4) is 0 Å². The quantitative estimate of drug-likeness (QED) is 0.766. The number of hydrogen-bond acceptors (Lipinski definition) is 2. The predicted molar refractivity (Wildman–Crippen MR) is 66.1 cm³/mol. The minimum atomic E-state index is -4.30. The van der Waals surface area contributed by atoms with Gasteiger partial charge in [-0.25, -0.2) is 0 Å². The van der Waals surface area contributed by atoms with Gasteiger partial charge >= 0.3 is 6.18 Å². The second-order valence-electron chi connectivity index (χ2n) is 4.77. The van der Waals surface area contributed by atoms with Gasteiger partial charge in [0.05, 0.1) is 6.10 Å². The Labute approximate surface area is 115 Å². The van der Waals surface area contributed by atoms with Crippen molar-refractivity contribution in [1.29, 1.82) is 0 Å². The standard InChI is InChI=1S/C12H19ClF3NO2/c13-6-2-5-11(18)17-9-3-1-4-10(7-9)19-8-12(14,15)16/h9-10H,1-8H2,(H,17,18). The molecule has 3 nitrogen and oxygen atoms in total. The summed E-state index contributed by atoms with van der Waals surface area (Å²) in [4.78, 5) is 11.5. The van der Waals surface area contributed by atoms with Gasteiger partial charge in [-0.1, -0.05) is 0 Å². The van der Waals surface area contributed by atoms with Gasteiger partial charge in [-0.2, -0.15) is 13.2 Å². The maximum absolute atomic E-state index is 12.1. The van der Waals surface area contributed by atoms with E-state index in [1.165, 1.54) is 0 Å². The summed E-state index contributed by atoms with van der Waals surface area (Å²) in [5.74, 6) is 0.331. The summed E-state index contributed by atoms with van der Waals surface area (Å²) in [6.45, 7) is -1.22. The molecule has 19 heavy (non-hydrogen) atoms. The van der Waals surface area contributed by atoms with Gasteiger partial charge in [-0.05, 0) is 32.1 Å². The Morgan fingerprint density at radius 2 is 2.11 bits per heavy atom. The van der Waals surface area contributed by atoms with Gasteiger partial charge < -0.3 is 10.1 Å². The highest BCUT2D eigenvalue weighted by atomic mass is 35.5. The molecule has 0 aliphatic heterocycles. The third kappa shape index (κ3) is 7.62. The number of rotatable bonds is 6. The fourth-order valence-corrected chi connectivity index (χ4v) is 2.30. The molecule has 1 rings (SSSR count). The molecule has 1 N–H and O–H groups in total. The molecule has 1 aliphatic rings. The van der Waals surface area contributed by atoms with Crippen molar-refractivity contribution < 1.29 is 22.7 Å². The largest absolute Gasteiger partial charge is 0.411 e. The van der Waals surface area contributed by atoms with E-state index >= 15 is 0 Å². The maximum Gasteiger partial charge on any atom is 0.411 e. The van der Waals surface area contributed by atoms with E-state index in [-0.39, 0.29) is 11.9 Å². The summed E-state index contributed by atoms with van der Waals surface area (Å²) >= 11 is 5.49. The molecule has 0 spiro atoms. The third-order valence-corrected chi connectivity index (χ3v) is 3.28. The zero-order chi connectivity index (χ0) is 14.3. The second-order valence-corrected chi connectivity index (χ2v) is 5.15. The van der Waals surface area contributed by atoms with Crippen molar-refractivity contribution in [2.24, 2.45) is 0 Å². The highest BCUT2D eigenvalue weighted by Gasteiger charge is 2.31. The molecule has 0 aromatic rings. The first kappa shape index (κ1) is 16.6. The molecule has 7 heteroatoms. The summed E-state index contributed by atoms with van der Waals surface area (Å²) < 4.78 is 41.0. The molecule has 2 atom stereocenters. The molecule has 1 fully saturated rings. The number of hydrogen-bond donors (Lipinski definition) is 1. The van der Waals surface area contributed by atoms with E-state index in [9.17, 15) is 18.0 Å². The van der Waals surface area contributed by atoms with Crippen LogP contribution in [0.5, 0.6) is 0 Å². The molecule has 1 aliphatic carbocycles.